The summed E-state index contributed by atoms with van der Waals surface area (Å²) in [5.41, 5.74) is 2.37. The van der Waals surface area contributed by atoms with Crippen LogP contribution in [0.1, 0.15) is 16.1 Å². The highest BCUT2D eigenvalue weighted by Gasteiger charge is 2.11. The van der Waals surface area contributed by atoms with Gasteiger partial charge in [-0.3, -0.25) is 14.5 Å². The maximum atomic E-state index is 12.0. The molecule has 0 radical (unpaired) electrons. The number of imidazole rings is 1. The lowest BCUT2D eigenvalue weighted by molar-refractivity contribution is 0.102. The van der Waals surface area contributed by atoms with E-state index in [1.165, 1.54) is 10.8 Å². The highest BCUT2D eigenvalue weighted by Crippen LogP contribution is 2.14. The summed E-state index contributed by atoms with van der Waals surface area (Å²) in [5.74, 6) is -0.229. The van der Waals surface area contributed by atoms with Gasteiger partial charge in [0.25, 0.3) is 5.91 Å². The van der Waals surface area contributed by atoms with E-state index in [4.69, 9.17) is 0 Å². The van der Waals surface area contributed by atoms with Gasteiger partial charge < -0.3 is 10.3 Å². The molecule has 1 aromatic carbocycles. The lowest BCUT2D eigenvalue weighted by atomic mass is 10.2. The topological polar surface area (TPSA) is 95.6 Å². The molecule has 0 aliphatic rings. The van der Waals surface area contributed by atoms with Gasteiger partial charge in [0.2, 0.25) is 0 Å². The van der Waals surface area contributed by atoms with Crippen LogP contribution >= 0.6 is 0 Å². The van der Waals surface area contributed by atoms with Crippen molar-refractivity contribution in [1.29, 1.82) is 0 Å². The number of hydrogen-bond donors (Lipinski definition) is 3. The second kappa shape index (κ2) is 5.12. The number of aromatic amines is 2. The molecule has 0 fully saturated rings. The van der Waals surface area contributed by atoms with Crippen LogP contribution in [0.25, 0.3) is 5.69 Å². The minimum absolute atomic E-state index is 0.208. The summed E-state index contributed by atoms with van der Waals surface area (Å²) in [6.07, 6.45) is 4.70. The summed E-state index contributed by atoms with van der Waals surface area (Å²) in [4.78, 5) is 26.1. The molecule has 3 rings (SSSR count). The first-order valence-corrected chi connectivity index (χ1v) is 6.33. The van der Waals surface area contributed by atoms with Gasteiger partial charge in [-0.2, -0.15) is 5.10 Å². The van der Waals surface area contributed by atoms with Crippen molar-refractivity contribution in [2.45, 2.75) is 6.92 Å². The number of carbonyl (C=O) groups is 1. The fourth-order valence-corrected chi connectivity index (χ4v) is 2.01. The Morgan fingerprint density at radius 2 is 2.05 bits per heavy atom. The third-order valence-corrected chi connectivity index (χ3v) is 3.13. The first kappa shape index (κ1) is 12.9. The molecule has 7 heteroatoms. The second-order valence-corrected chi connectivity index (χ2v) is 4.54. The van der Waals surface area contributed by atoms with Gasteiger partial charge in [0, 0.05) is 23.8 Å². The number of H-pyrrole nitrogens is 2. The Bertz CT molecular complexity index is 825. The molecule has 0 saturated carbocycles. The fourth-order valence-electron chi connectivity index (χ4n) is 2.01. The van der Waals surface area contributed by atoms with Crippen LogP contribution in [-0.4, -0.2) is 25.7 Å². The molecule has 2 heterocycles. The zero-order chi connectivity index (χ0) is 14.8. The van der Waals surface area contributed by atoms with Crippen molar-refractivity contribution in [3.8, 4) is 5.69 Å². The molecule has 0 unspecified atom stereocenters. The molecular weight excluding hydrogens is 270 g/mol. The second-order valence-electron chi connectivity index (χ2n) is 4.54. The standard InChI is InChI=1S/C14H13N5O2/c1-9-12(8-16-18-9)13(20)17-10-2-4-11(5-3-10)19-7-6-15-14(19)21/h2-8H,1H3,(H,15,21)(H,16,18)(H,17,20). The number of nitrogens with one attached hydrogen (secondary N) is 3. The molecule has 2 aromatic heterocycles. The molecule has 1 amide bonds. The molecule has 3 aromatic rings. The van der Waals surface area contributed by atoms with Crippen LogP contribution in [0.2, 0.25) is 0 Å². The smallest absolute Gasteiger partial charge is 0.322 e. The minimum Gasteiger partial charge on any atom is -0.322 e. The number of amides is 1. The number of anilines is 1. The third-order valence-electron chi connectivity index (χ3n) is 3.13. The van der Waals surface area contributed by atoms with Gasteiger partial charge in [-0.25, -0.2) is 4.79 Å². The normalized spacial score (nSPS) is 10.5. The number of benzene rings is 1. The van der Waals surface area contributed by atoms with Crippen LogP contribution in [0.15, 0.2) is 47.7 Å². The number of aromatic nitrogens is 4. The van der Waals surface area contributed by atoms with Crippen LogP contribution in [0, 0.1) is 6.92 Å². The third kappa shape index (κ3) is 2.48. The largest absolute Gasteiger partial charge is 0.330 e. The van der Waals surface area contributed by atoms with Gasteiger partial charge in [0.05, 0.1) is 17.4 Å². The summed E-state index contributed by atoms with van der Waals surface area (Å²) >= 11 is 0. The molecule has 106 valence electrons. The van der Waals surface area contributed by atoms with Crippen molar-refractivity contribution in [2.24, 2.45) is 0 Å². The van der Waals surface area contributed by atoms with E-state index >= 15 is 0 Å². The van der Waals surface area contributed by atoms with Gasteiger partial charge >= 0.3 is 5.69 Å². The van der Waals surface area contributed by atoms with Crippen molar-refractivity contribution >= 4 is 11.6 Å². The molecule has 0 aliphatic carbocycles. The predicted molar refractivity (Wildman–Crippen MR) is 77.7 cm³/mol. The van der Waals surface area contributed by atoms with Crippen LogP contribution in [0.5, 0.6) is 0 Å². The van der Waals surface area contributed by atoms with Crippen molar-refractivity contribution < 1.29 is 4.79 Å². The van der Waals surface area contributed by atoms with E-state index in [1.807, 2.05) is 0 Å². The number of hydrogen-bond acceptors (Lipinski definition) is 3. The lowest BCUT2D eigenvalue weighted by Gasteiger charge is -2.06. The fraction of sp³-hybridized carbons (Fsp3) is 0.0714. The maximum Gasteiger partial charge on any atom is 0.330 e. The van der Waals surface area contributed by atoms with Crippen molar-refractivity contribution in [1.82, 2.24) is 19.7 Å². The highest BCUT2D eigenvalue weighted by molar-refractivity contribution is 6.04. The van der Waals surface area contributed by atoms with E-state index < -0.39 is 0 Å². The van der Waals surface area contributed by atoms with E-state index in [0.717, 1.165) is 5.69 Å². The number of nitrogens with zero attached hydrogens (tertiary/aromatic N) is 2. The summed E-state index contributed by atoms with van der Waals surface area (Å²) < 4.78 is 1.48. The van der Waals surface area contributed by atoms with Crippen LogP contribution < -0.4 is 11.0 Å². The Kier molecular flexibility index (Phi) is 3.15. The number of carbonyl (C=O) groups excluding carboxylic acids is 1. The van der Waals surface area contributed by atoms with Gasteiger partial charge in [-0.05, 0) is 31.2 Å². The first-order valence-electron chi connectivity index (χ1n) is 6.33. The van der Waals surface area contributed by atoms with Gasteiger partial charge in [0.15, 0.2) is 0 Å². The Labute approximate surface area is 119 Å². The Hall–Kier alpha value is -3.09. The van der Waals surface area contributed by atoms with Crippen molar-refractivity contribution in [3.05, 3.63) is 64.6 Å². The van der Waals surface area contributed by atoms with Gasteiger partial charge in [-0.1, -0.05) is 0 Å². The number of rotatable bonds is 3. The average Bonchev–Trinajstić information content (AvgIpc) is 3.08. The first-order chi connectivity index (χ1) is 10.1. The Balaban J connectivity index is 1.79. The van der Waals surface area contributed by atoms with Crippen molar-refractivity contribution in [2.75, 3.05) is 5.32 Å². The molecule has 0 spiro atoms. The highest BCUT2D eigenvalue weighted by atomic mass is 16.2. The molecular formula is C14H13N5O2. The zero-order valence-electron chi connectivity index (χ0n) is 11.3. The maximum absolute atomic E-state index is 12.0. The molecule has 0 saturated heterocycles. The van der Waals surface area contributed by atoms with Crippen LogP contribution in [0.4, 0.5) is 5.69 Å². The van der Waals surface area contributed by atoms with E-state index in [-0.39, 0.29) is 11.6 Å². The van der Waals surface area contributed by atoms with Gasteiger partial charge in [-0.15, -0.1) is 0 Å². The molecule has 21 heavy (non-hydrogen) atoms. The predicted octanol–water partition coefficient (Wildman–Crippen LogP) is 1.45. The SMILES string of the molecule is Cc1[nH]ncc1C(=O)Nc1ccc(-n2cc[nH]c2=O)cc1. The molecule has 7 nitrogen and oxygen atoms in total. The van der Waals surface area contributed by atoms with E-state index in [9.17, 15) is 9.59 Å². The summed E-state index contributed by atoms with van der Waals surface area (Å²) in [7, 11) is 0. The van der Waals surface area contributed by atoms with E-state index in [0.29, 0.717) is 16.9 Å². The minimum atomic E-state index is -0.229. The van der Waals surface area contributed by atoms with E-state index in [2.05, 4.69) is 20.5 Å². The average molecular weight is 283 g/mol. The summed E-state index contributed by atoms with van der Waals surface area (Å²) in [6.45, 7) is 1.78. The summed E-state index contributed by atoms with van der Waals surface area (Å²) in [5, 5.41) is 9.31. The zero-order valence-corrected chi connectivity index (χ0v) is 11.3. The van der Waals surface area contributed by atoms with Gasteiger partial charge in [0.1, 0.15) is 0 Å². The quantitative estimate of drug-likeness (QED) is 0.678. The molecule has 0 aliphatic heterocycles. The monoisotopic (exact) mass is 283 g/mol. The molecule has 3 N–H and O–H groups in total. The van der Waals surface area contributed by atoms with Crippen molar-refractivity contribution in [3.63, 3.8) is 0 Å². The Morgan fingerprint density at radius 1 is 1.29 bits per heavy atom. The van der Waals surface area contributed by atoms with Crippen LogP contribution in [-0.2, 0) is 0 Å². The molecule has 0 atom stereocenters. The summed E-state index contributed by atoms with van der Waals surface area (Å²) in [6, 6.07) is 6.99. The lowest BCUT2D eigenvalue weighted by Crippen LogP contribution is -2.14. The number of aryl methyl sites for hydroxylation is 1. The van der Waals surface area contributed by atoms with Crippen LogP contribution in [0.3, 0.4) is 0 Å². The van der Waals surface area contributed by atoms with E-state index in [1.54, 1.807) is 43.6 Å². The Morgan fingerprint density at radius 3 is 2.62 bits per heavy atom. The molecule has 0 bridgehead atoms.